The smallest absolute Gasteiger partial charge is 0.229 e. The number of hydrogen-bond donors (Lipinski definition) is 1. The summed E-state index contributed by atoms with van der Waals surface area (Å²) in [4.78, 5) is 14.9. The number of nitrogens with zero attached hydrogens (tertiary/aromatic N) is 6. The van der Waals surface area contributed by atoms with Crippen molar-refractivity contribution in [3.63, 3.8) is 0 Å². The van der Waals surface area contributed by atoms with Crippen LogP contribution in [0.15, 0.2) is 71.1 Å². The zero-order chi connectivity index (χ0) is 26.0. The van der Waals surface area contributed by atoms with Gasteiger partial charge in [-0.3, -0.25) is 4.90 Å². The molecule has 3 aliphatic heterocycles. The van der Waals surface area contributed by atoms with Gasteiger partial charge in [0.05, 0.1) is 29.5 Å². The number of piperidine rings is 1. The van der Waals surface area contributed by atoms with Gasteiger partial charge in [-0.25, -0.2) is 9.99 Å². The Morgan fingerprint density at radius 3 is 2.46 bits per heavy atom. The lowest BCUT2D eigenvalue weighted by atomic mass is 10.0. The average molecular weight is 540 g/mol. The van der Waals surface area contributed by atoms with Crippen molar-refractivity contribution < 1.29 is 4.74 Å². The lowest BCUT2D eigenvalue weighted by molar-refractivity contribution is 0.0115. The molecule has 2 saturated heterocycles. The summed E-state index contributed by atoms with van der Waals surface area (Å²) in [5, 5.41) is 12.3. The van der Waals surface area contributed by atoms with Gasteiger partial charge in [-0.05, 0) is 54.1 Å². The average Bonchev–Trinajstić information content (AvgIpc) is 3.69. The minimum atomic E-state index is 0.130. The predicted octanol–water partition coefficient (Wildman–Crippen LogP) is 5.67. The van der Waals surface area contributed by atoms with Gasteiger partial charge in [-0.2, -0.15) is 10.1 Å². The van der Waals surface area contributed by atoms with Gasteiger partial charge in [0.1, 0.15) is 0 Å². The molecule has 2 aromatic heterocycles. The molecule has 200 valence electrons. The fourth-order valence-electron chi connectivity index (χ4n) is 5.95. The van der Waals surface area contributed by atoms with E-state index in [-0.39, 0.29) is 6.04 Å². The summed E-state index contributed by atoms with van der Waals surface area (Å²) in [6.45, 7) is 6.08. The maximum absolute atomic E-state index is 5.53. The molecular weight excluding hydrogens is 506 g/mol. The number of morpholine rings is 1. The van der Waals surface area contributed by atoms with Gasteiger partial charge in [0.15, 0.2) is 5.82 Å². The molecular formula is C30H33N7OS. The highest BCUT2D eigenvalue weighted by atomic mass is 32.1. The van der Waals surface area contributed by atoms with E-state index in [0.29, 0.717) is 12.0 Å². The largest absolute Gasteiger partial charge is 0.379 e. The van der Waals surface area contributed by atoms with Gasteiger partial charge < -0.3 is 15.0 Å². The summed E-state index contributed by atoms with van der Waals surface area (Å²) in [7, 11) is 0. The molecule has 39 heavy (non-hydrogen) atoms. The lowest BCUT2D eigenvalue weighted by Crippen LogP contribution is -2.49. The molecule has 0 amide bonds. The molecule has 7 rings (SSSR count). The van der Waals surface area contributed by atoms with Gasteiger partial charge in [0, 0.05) is 56.2 Å². The summed E-state index contributed by atoms with van der Waals surface area (Å²) < 4.78 is 6.58. The van der Waals surface area contributed by atoms with Crippen LogP contribution in [-0.2, 0) is 4.74 Å². The van der Waals surface area contributed by atoms with E-state index in [0.717, 1.165) is 67.5 Å². The van der Waals surface area contributed by atoms with Crippen LogP contribution in [0.4, 0.5) is 23.1 Å². The summed E-state index contributed by atoms with van der Waals surface area (Å²) in [5.74, 6) is 1.43. The minimum Gasteiger partial charge on any atom is -0.379 e. The van der Waals surface area contributed by atoms with Crippen LogP contribution in [0.1, 0.15) is 30.9 Å². The van der Waals surface area contributed by atoms with Crippen molar-refractivity contribution in [2.75, 3.05) is 54.6 Å². The highest BCUT2D eigenvalue weighted by Crippen LogP contribution is 2.38. The van der Waals surface area contributed by atoms with Crippen LogP contribution in [0.2, 0.25) is 0 Å². The van der Waals surface area contributed by atoms with E-state index in [1.54, 1.807) is 11.3 Å². The molecule has 8 nitrogen and oxygen atoms in total. The molecule has 0 bridgehead atoms. The van der Waals surface area contributed by atoms with Crippen LogP contribution in [0.5, 0.6) is 0 Å². The highest BCUT2D eigenvalue weighted by Gasteiger charge is 2.28. The molecule has 1 N–H and O–H groups in total. The van der Waals surface area contributed by atoms with Crippen LogP contribution in [0.3, 0.4) is 0 Å². The van der Waals surface area contributed by atoms with E-state index in [9.17, 15) is 0 Å². The van der Waals surface area contributed by atoms with Crippen LogP contribution < -0.4 is 15.2 Å². The molecule has 0 aliphatic carbocycles. The first kappa shape index (κ1) is 24.5. The van der Waals surface area contributed by atoms with E-state index < -0.39 is 0 Å². The lowest BCUT2D eigenvalue weighted by Gasteiger charge is -2.40. The number of thiophene rings is 1. The monoisotopic (exact) mass is 539 g/mol. The second kappa shape index (κ2) is 10.9. The van der Waals surface area contributed by atoms with Crippen molar-refractivity contribution in [1.29, 1.82) is 0 Å². The topological polar surface area (TPSA) is 69.1 Å². The molecule has 0 spiro atoms. The van der Waals surface area contributed by atoms with Gasteiger partial charge in [-0.1, -0.05) is 30.3 Å². The van der Waals surface area contributed by atoms with Crippen molar-refractivity contribution >= 4 is 50.9 Å². The van der Waals surface area contributed by atoms with Gasteiger partial charge in [-0.15, -0.1) is 11.3 Å². The predicted molar refractivity (Wildman–Crippen MR) is 160 cm³/mol. The van der Waals surface area contributed by atoms with Crippen LogP contribution >= 0.6 is 11.3 Å². The number of ether oxygens (including phenoxy) is 1. The van der Waals surface area contributed by atoms with Crippen molar-refractivity contribution in [2.24, 2.45) is 5.10 Å². The molecule has 0 radical (unpaired) electrons. The summed E-state index contributed by atoms with van der Waals surface area (Å²) in [6.07, 6.45) is 5.25. The van der Waals surface area contributed by atoms with E-state index >= 15 is 0 Å². The van der Waals surface area contributed by atoms with Crippen LogP contribution in [0.25, 0.3) is 10.2 Å². The Bertz CT molecular complexity index is 1430. The normalized spacial score (nSPS) is 20.7. The van der Waals surface area contributed by atoms with Crippen molar-refractivity contribution in [3.05, 3.63) is 71.6 Å². The maximum atomic E-state index is 5.53. The number of hydrazone groups is 1. The Morgan fingerprint density at radius 1 is 0.872 bits per heavy atom. The van der Waals surface area contributed by atoms with Gasteiger partial charge in [0.2, 0.25) is 5.95 Å². The Morgan fingerprint density at radius 2 is 1.67 bits per heavy atom. The first-order chi connectivity index (χ1) is 19.3. The van der Waals surface area contributed by atoms with Crippen LogP contribution in [-0.4, -0.2) is 66.5 Å². The first-order valence-corrected chi connectivity index (χ1v) is 14.8. The van der Waals surface area contributed by atoms with Crippen molar-refractivity contribution in [3.8, 4) is 0 Å². The zero-order valence-electron chi connectivity index (χ0n) is 21.9. The fourth-order valence-corrected chi connectivity index (χ4v) is 6.76. The number of nitrogens with one attached hydrogen (secondary N) is 1. The molecule has 5 heterocycles. The van der Waals surface area contributed by atoms with Crippen molar-refractivity contribution in [1.82, 2.24) is 14.9 Å². The number of benzene rings is 2. The van der Waals surface area contributed by atoms with E-state index in [1.165, 1.54) is 24.1 Å². The van der Waals surface area contributed by atoms with E-state index in [2.05, 4.69) is 75.1 Å². The number of hydrogen-bond acceptors (Lipinski definition) is 9. The van der Waals surface area contributed by atoms with Crippen molar-refractivity contribution in [2.45, 2.75) is 31.3 Å². The molecule has 2 aromatic carbocycles. The zero-order valence-corrected chi connectivity index (χ0v) is 22.8. The molecule has 2 fully saturated rings. The molecule has 9 heteroatoms. The molecule has 1 unspecified atom stereocenters. The Balaban J connectivity index is 1.06. The standard InChI is InChI=1S/C30H33N7OS/c1-2-4-22(5-3-1)27-10-14-31-37(27)29-28-26(13-21-39-28)33-30(34-29)32-23-6-8-24(9-7-23)35-15-11-25(12-16-35)36-17-19-38-20-18-36/h1-9,13-14,21,25,27H,10-12,15-20H2,(H,32,33,34). The van der Waals surface area contributed by atoms with Gasteiger partial charge in [0.25, 0.3) is 0 Å². The Kier molecular flexibility index (Phi) is 6.86. The van der Waals surface area contributed by atoms with Crippen LogP contribution in [0, 0.1) is 0 Å². The maximum Gasteiger partial charge on any atom is 0.229 e. The second-order valence-electron chi connectivity index (χ2n) is 10.3. The Hall–Kier alpha value is -3.53. The molecule has 1 atom stereocenters. The SMILES string of the molecule is C1=NN(c2nc(Nc3ccc(N4CCC(N5CCOCC5)CC4)cc3)nc3ccsc23)C(c2ccccc2)C1. The number of rotatable bonds is 6. The summed E-state index contributed by atoms with van der Waals surface area (Å²) in [6, 6.07) is 22.1. The third kappa shape index (κ3) is 5.09. The quantitative estimate of drug-likeness (QED) is 0.338. The second-order valence-corrected chi connectivity index (χ2v) is 11.3. The first-order valence-electron chi connectivity index (χ1n) is 13.9. The van der Waals surface area contributed by atoms with E-state index in [1.807, 2.05) is 17.3 Å². The summed E-state index contributed by atoms with van der Waals surface area (Å²) >= 11 is 1.66. The summed E-state index contributed by atoms with van der Waals surface area (Å²) in [5.41, 5.74) is 4.42. The molecule has 3 aliphatic rings. The Labute approximate surface area is 232 Å². The third-order valence-electron chi connectivity index (χ3n) is 8.03. The highest BCUT2D eigenvalue weighted by molar-refractivity contribution is 7.17. The third-order valence-corrected chi connectivity index (χ3v) is 8.93. The number of anilines is 4. The minimum absolute atomic E-state index is 0.130. The van der Waals surface area contributed by atoms with E-state index in [4.69, 9.17) is 19.8 Å². The van der Waals surface area contributed by atoms with Gasteiger partial charge >= 0.3 is 0 Å². The number of aromatic nitrogens is 2. The fraction of sp³-hybridized carbons (Fsp3) is 0.367. The molecule has 0 saturated carbocycles. The number of fused-ring (bicyclic) bond motifs is 1. The molecule has 4 aromatic rings.